The van der Waals surface area contributed by atoms with Crippen molar-refractivity contribution in [2.45, 2.75) is 25.4 Å². The van der Waals surface area contributed by atoms with Gasteiger partial charge in [0.25, 0.3) is 0 Å². The van der Waals surface area contributed by atoms with E-state index in [2.05, 4.69) is 15.0 Å². The molecule has 22 heavy (non-hydrogen) atoms. The molecule has 2 fully saturated rings. The topological polar surface area (TPSA) is 68.2 Å². The largest absolute Gasteiger partial charge is 0.338 e. The van der Waals surface area contributed by atoms with Crippen LogP contribution in [0.25, 0.3) is 11.4 Å². The highest BCUT2D eigenvalue weighted by Gasteiger charge is 2.41. The number of nitrogens with zero attached hydrogens (tertiary/aromatic N) is 3. The Labute approximate surface area is 128 Å². The molecule has 3 unspecified atom stereocenters. The van der Waals surface area contributed by atoms with Gasteiger partial charge in [-0.3, -0.25) is 4.90 Å². The third kappa shape index (κ3) is 2.53. The van der Waals surface area contributed by atoms with Gasteiger partial charge in [0.1, 0.15) is 5.82 Å². The minimum Gasteiger partial charge on any atom is -0.338 e. The van der Waals surface area contributed by atoms with Gasteiger partial charge in [-0.1, -0.05) is 5.16 Å². The minimum atomic E-state index is -0.271. The molecule has 4 rings (SSSR count). The van der Waals surface area contributed by atoms with Gasteiger partial charge in [0.05, 0.1) is 6.54 Å². The molecule has 0 spiro atoms. The van der Waals surface area contributed by atoms with Gasteiger partial charge in [0, 0.05) is 24.7 Å². The summed E-state index contributed by atoms with van der Waals surface area (Å²) in [7, 11) is 0. The predicted molar refractivity (Wildman–Crippen MR) is 79.2 cm³/mol. The van der Waals surface area contributed by atoms with Crippen molar-refractivity contribution in [3.05, 3.63) is 36.0 Å². The number of hydrogen-bond donors (Lipinski definition) is 1. The highest BCUT2D eigenvalue weighted by Crippen LogP contribution is 2.37. The van der Waals surface area contributed by atoms with E-state index in [9.17, 15) is 4.39 Å². The van der Waals surface area contributed by atoms with Crippen LogP contribution in [0.4, 0.5) is 4.39 Å². The molecule has 5 nitrogen and oxygen atoms in total. The van der Waals surface area contributed by atoms with Gasteiger partial charge in [0.2, 0.25) is 11.7 Å². The van der Waals surface area contributed by atoms with Crippen LogP contribution in [0.15, 0.2) is 28.8 Å². The Bertz CT molecular complexity index is 656. The van der Waals surface area contributed by atoms with Crippen LogP contribution in [0, 0.1) is 17.7 Å². The van der Waals surface area contributed by atoms with Crippen molar-refractivity contribution in [1.82, 2.24) is 15.0 Å². The lowest BCUT2D eigenvalue weighted by Crippen LogP contribution is -2.30. The van der Waals surface area contributed by atoms with Crippen LogP contribution in [0.1, 0.15) is 18.7 Å². The summed E-state index contributed by atoms with van der Waals surface area (Å²) < 4.78 is 18.3. The van der Waals surface area contributed by atoms with E-state index in [4.69, 9.17) is 10.3 Å². The summed E-state index contributed by atoms with van der Waals surface area (Å²) in [6.07, 6.45) is 2.38. The second kappa shape index (κ2) is 5.44. The number of nitrogens with two attached hydrogens (primary N) is 1. The summed E-state index contributed by atoms with van der Waals surface area (Å²) >= 11 is 0. The Balaban J connectivity index is 1.43. The summed E-state index contributed by atoms with van der Waals surface area (Å²) in [6, 6.07) is 6.45. The first kappa shape index (κ1) is 13.8. The van der Waals surface area contributed by atoms with E-state index in [0.717, 1.165) is 31.0 Å². The number of hydrogen-bond acceptors (Lipinski definition) is 5. The lowest BCUT2D eigenvalue weighted by atomic mass is 9.98. The van der Waals surface area contributed by atoms with Crippen LogP contribution >= 0.6 is 0 Å². The third-order valence-corrected chi connectivity index (χ3v) is 4.92. The number of aromatic nitrogens is 2. The fraction of sp³-hybridized carbons (Fsp3) is 0.500. The first-order chi connectivity index (χ1) is 10.7. The van der Waals surface area contributed by atoms with E-state index in [1.807, 2.05) is 0 Å². The maximum Gasteiger partial charge on any atom is 0.241 e. The summed E-state index contributed by atoms with van der Waals surface area (Å²) in [6.45, 7) is 2.74. The molecule has 1 saturated heterocycles. The average Bonchev–Trinajstić information content (AvgIpc) is 3.19. The van der Waals surface area contributed by atoms with E-state index in [1.54, 1.807) is 12.1 Å². The monoisotopic (exact) mass is 302 g/mol. The number of rotatable bonds is 3. The van der Waals surface area contributed by atoms with Crippen molar-refractivity contribution >= 4 is 0 Å². The minimum absolute atomic E-state index is 0.271. The molecule has 1 aliphatic carbocycles. The summed E-state index contributed by atoms with van der Waals surface area (Å²) in [4.78, 5) is 6.76. The van der Waals surface area contributed by atoms with E-state index in [-0.39, 0.29) is 5.82 Å². The van der Waals surface area contributed by atoms with E-state index in [0.29, 0.717) is 30.2 Å². The van der Waals surface area contributed by atoms with Gasteiger partial charge >= 0.3 is 0 Å². The Morgan fingerprint density at radius 1 is 1.23 bits per heavy atom. The molecule has 1 saturated carbocycles. The van der Waals surface area contributed by atoms with E-state index < -0.39 is 0 Å². The third-order valence-electron chi connectivity index (χ3n) is 4.92. The second-order valence-electron chi connectivity index (χ2n) is 6.38. The second-order valence-corrected chi connectivity index (χ2v) is 6.38. The van der Waals surface area contributed by atoms with Crippen molar-refractivity contribution in [2.24, 2.45) is 17.6 Å². The number of halogens is 1. The SMILES string of the molecule is NC1CCC2CN(Cc3nc(-c4ccc(F)cc4)no3)CC12. The summed E-state index contributed by atoms with van der Waals surface area (Å²) in [5.41, 5.74) is 6.92. The quantitative estimate of drug-likeness (QED) is 0.939. The van der Waals surface area contributed by atoms with Crippen LogP contribution < -0.4 is 5.73 Å². The van der Waals surface area contributed by atoms with Crippen molar-refractivity contribution in [3.63, 3.8) is 0 Å². The van der Waals surface area contributed by atoms with Crippen molar-refractivity contribution in [2.75, 3.05) is 13.1 Å². The Morgan fingerprint density at radius 2 is 2.05 bits per heavy atom. The molecule has 116 valence electrons. The molecule has 2 aliphatic rings. The molecular weight excluding hydrogens is 283 g/mol. The molecule has 0 amide bonds. The van der Waals surface area contributed by atoms with Crippen LogP contribution in [-0.4, -0.2) is 34.2 Å². The fourth-order valence-corrected chi connectivity index (χ4v) is 3.76. The Hall–Kier alpha value is -1.79. The first-order valence-electron chi connectivity index (χ1n) is 7.75. The lowest BCUT2D eigenvalue weighted by Gasteiger charge is -2.15. The molecule has 2 N–H and O–H groups in total. The van der Waals surface area contributed by atoms with Crippen LogP contribution in [0.2, 0.25) is 0 Å². The van der Waals surface area contributed by atoms with Gasteiger partial charge in [-0.15, -0.1) is 0 Å². The Morgan fingerprint density at radius 3 is 2.82 bits per heavy atom. The zero-order valence-electron chi connectivity index (χ0n) is 12.3. The summed E-state index contributed by atoms with van der Waals surface area (Å²) in [5.74, 6) is 2.17. The highest BCUT2D eigenvalue weighted by molar-refractivity contribution is 5.53. The zero-order chi connectivity index (χ0) is 15.1. The maximum absolute atomic E-state index is 12.9. The van der Waals surface area contributed by atoms with Gasteiger partial charge in [-0.25, -0.2) is 4.39 Å². The van der Waals surface area contributed by atoms with Gasteiger partial charge < -0.3 is 10.3 Å². The first-order valence-corrected chi connectivity index (χ1v) is 7.75. The lowest BCUT2D eigenvalue weighted by molar-refractivity contribution is 0.250. The maximum atomic E-state index is 12.9. The fourth-order valence-electron chi connectivity index (χ4n) is 3.76. The van der Waals surface area contributed by atoms with Gasteiger partial charge in [-0.05, 0) is 48.9 Å². The highest BCUT2D eigenvalue weighted by atomic mass is 19.1. The molecule has 2 heterocycles. The molecule has 0 bridgehead atoms. The number of fused-ring (bicyclic) bond motifs is 1. The molecule has 2 aromatic rings. The molecule has 1 aromatic carbocycles. The zero-order valence-corrected chi connectivity index (χ0v) is 12.3. The number of benzene rings is 1. The van der Waals surface area contributed by atoms with E-state index in [1.165, 1.54) is 18.6 Å². The van der Waals surface area contributed by atoms with Crippen LogP contribution in [0.3, 0.4) is 0 Å². The smallest absolute Gasteiger partial charge is 0.241 e. The average molecular weight is 302 g/mol. The molecule has 1 aromatic heterocycles. The Kier molecular flexibility index (Phi) is 3.43. The molecule has 0 radical (unpaired) electrons. The van der Waals surface area contributed by atoms with Gasteiger partial charge in [-0.2, -0.15) is 4.98 Å². The number of likely N-dealkylation sites (tertiary alicyclic amines) is 1. The standard InChI is InChI=1S/C16H19FN4O/c17-12-4-1-10(2-5-12)16-19-15(22-20-16)9-21-7-11-3-6-14(18)13(11)8-21/h1-2,4-5,11,13-14H,3,6-9,18H2. The van der Waals surface area contributed by atoms with Crippen molar-refractivity contribution < 1.29 is 8.91 Å². The predicted octanol–water partition coefficient (Wildman–Crippen LogP) is 2.04. The molecule has 6 heteroatoms. The molecule has 3 atom stereocenters. The van der Waals surface area contributed by atoms with E-state index >= 15 is 0 Å². The molecule has 1 aliphatic heterocycles. The van der Waals surface area contributed by atoms with Crippen molar-refractivity contribution in [1.29, 1.82) is 0 Å². The van der Waals surface area contributed by atoms with Crippen LogP contribution in [0.5, 0.6) is 0 Å². The normalized spacial score (nSPS) is 28.2. The van der Waals surface area contributed by atoms with Gasteiger partial charge in [0.15, 0.2) is 0 Å². The van der Waals surface area contributed by atoms with Crippen LogP contribution in [-0.2, 0) is 6.54 Å². The van der Waals surface area contributed by atoms with Crippen molar-refractivity contribution in [3.8, 4) is 11.4 Å². The summed E-state index contributed by atoms with van der Waals surface area (Å²) in [5, 5.41) is 3.99. The molecular formula is C16H19FN4O.